The van der Waals surface area contributed by atoms with E-state index in [2.05, 4.69) is 20.3 Å². The second-order valence-electron chi connectivity index (χ2n) is 20.0. The maximum absolute atomic E-state index is 13.8. The number of nitro benzene ring substituents is 2. The normalized spacial score (nSPS) is 18.5. The van der Waals surface area contributed by atoms with Gasteiger partial charge in [-0.25, -0.2) is 37.6 Å². The Morgan fingerprint density at radius 1 is 0.817 bits per heavy atom. The molecule has 1 amide bonds. The first-order valence-corrected chi connectivity index (χ1v) is 29.2. The monoisotopic (exact) mass is 1180 g/mol. The predicted octanol–water partition coefficient (Wildman–Crippen LogP) is 8.71. The topological polar surface area (TPSA) is 300 Å². The van der Waals surface area contributed by atoms with Gasteiger partial charge in [0, 0.05) is 93.3 Å². The van der Waals surface area contributed by atoms with E-state index >= 15 is 0 Å². The number of hydrogen-bond donors (Lipinski definition) is 1. The van der Waals surface area contributed by atoms with Crippen LogP contribution in [0.15, 0.2) is 102 Å². The lowest BCUT2D eigenvalue weighted by atomic mass is 10.1. The molecule has 4 heterocycles. The summed E-state index contributed by atoms with van der Waals surface area (Å²) in [5.41, 5.74) is 2.50. The fourth-order valence-corrected chi connectivity index (χ4v) is 12.7. The Balaban J connectivity index is 1.08. The highest BCUT2D eigenvalue weighted by molar-refractivity contribution is 7.91. The van der Waals surface area contributed by atoms with Crippen molar-refractivity contribution in [1.82, 2.24) is 24.2 Å². The van der Waals surface area contributed by atoms with Crippen molar-refractivity contribution in [3.05, 3.63) is 129 Å². The van der Waals surface area contributed by atoms with E-state index < -0.39 is 89.8 Å². The van der Waals surface area contributed by atoms with E-state index in [1.165, 1.54) is 50.1 Å². The highest BCUT2D eigenvalue weighted by Crippen LogP contribution is 2.52. The van der Waals surface area contributed by atoms with Crippen molar-refractivity contribution in [2.75, 3.05) is 76.8 Å². The molecule has 26 nitrogen and oxygen atoms in total. The minimum atomic E-state index is -3.98. The number of ether oxygens (including phenoxy) is 7. The Kier molecular flexibility index (Phi) is 20.3. The zero-order valence-corrected chi connectivity index (χ0v) is 48.1. The Morgan fingerprint density at radius 3 is 2.07 bits per heavy atom. The summed E-state index contributed by atoms with van der Waals surface area (Å²) >= 11 is 0. The number of carbonyl (C=O) groups excluding carboxylic acids is 2. The number of rotatable bonds is 26. The number of carbonyl (C=O) groups is 2. The number of sulfone groups is 1. The van der Waals surface area contributed by atoms with Gasteiger partial charge in [0.15, 0.2) is 38.8 Å². The molecule has 1 unspecified atom stereocenters. The summed E-state index contributed by atoms with van der Waals surface area (Å²) in [5, 5.41) is 26.4. The van der Waals surface area contributed by atoms with Crippen molar-refractivity contribution in [2.24, 2.45) is 0 Å². The second kappa shape index (κ2) is 27.3. The molecule has 5 atom stereocenters. The minimum Gasteiger partial charge on any atom is -0.449 e. The summed E-state index contributed by atoms with van der Waals surface area (Å²) in [6.07, 6.45) is -2.86. The maximum Gasteiger partial charge on any atom is 0.508 e. The maximum atomic E-state index is 13.8. The molecule has 8 rings (SSSR count). The first-order valence-electron chi connectivity index (χ1n) is 26.4. The molecule has 2 aliphatic heterocycles. The third-order valence-electron chi connectivity index (χ3n) is 13.7. The first kappa shape index (κ1) is 61.0. The lowest BCUT2D eigenvalue weighted by Gasteiger charge is -2.41. The fraction of sp³-hybridized carbons (Fsp3) is 0.463. The molecule has 0 spiro atoms. The van der Waals surface area contributed by atoms with Crippen molar-refractivity contribution < 1.29 is 70.1 Å². The van der Waals surface area contributed by atoms with Crippen molar-refractivity contribution in [2.45, 2.75) is 101 Å². The summed E-state index contributed by atoms with van der Waals surface area (Å²) in [7, 11) is -0.782. The highest BCUT2D eigenvalue weighted by Gasteiger charge is 2.54. The van der Waals surface area contributed by atoms with Crippen LogP contribution in [0.5, 0.6) is 0 Å². The van der Waals surface area contributed by atoms with Gasteiger partial charge in [0.1, 0.15) is 37.9 Å². The molecule has 0 bridgehead atoms. The summed E-state index contributed by atoms with van der Waals surface area (Å²) < 4.78 is 87.6. The number of anilines is 2. The molecular formula is C54H66N9O17PS. The van der Waals surface area contributed by atoms with Crippen molar-refractivity contribution in [1.29, 1.82) is 0 Å². The van der Waals surface area contributed by atoms with Gasteiger partial charge in [-0.3, -0.25) is 30.1 Å². The zero-order chi connectivity index (χ0) is 58.7. The number of fused-ring (bicyclic) bond motifs is 2. The van der Waals surface area contributed by atoms with E-state index in [1.807, 2.05) is 63.5 Å². The number of benzene rings is 4. The molecule has 28 heteroatoms. The van der Waals surface area contributed by atoms with Crippen LogP contribution in [0.25, 0.3) is 21.9 Å². The highest BCUT2D eigenvalue weighted by atomic mass is 32.2. The summed E-state index contributed by atoms with van der Waals surface area (Å²) in [4.78, 5) is 63.7. The van der Waals surface area contributed by atoms with Crippen molar-refractivity contribution in [3.63, 3.8) is 0 Å². The first-order chi connectivity index (χ1) is 39.3. The zero-order valence-electron chi connectivity index (χ0n) is 46.4. The van der Waals surface area contributed by atoms with E-state index in [1.54, 1.807) is 47.0 Å². The summed E-state index contributed by atoms with van der Waals surface area (Å²) in [6, 6.07) is 22.1. The molecule has 440 valence electrons. The molecule has 2 aromatic heterocycles. The SMILES string of the molecule is COC1(O[C@@H]2[C@H](OP(OCCc3ccc([N+](=O)[O-])cc3)N(C(C)C)C(C)C)[C@@H](COC(=O)OCCS(=O)(=O)c3cccc4c(N(C)C)cccc34)O[C@H]2n2cnc3c(NC(=O)OCCc4ccc([N+](=O)[O-])cc4)ncnc32)CCOCC1. The van der Waals surface area contributed by atoms with Crippen LogP contribution < -0.4 is 10.2 Å². The Bertz CT molecular complexity index is 3290. The molecule has 0 aliphatic carbocycles. The van der Waals surface area contributed by atoms with Gasteiger partial charge < -0.3 is 47.1 Å². The average molecular weight is 1180 g/mol. The largest absolute Gasteiger partial charge is 0.508 e. The van der Waals surface area contributed by atoms with Crippen LogP contribution >= 0.6 is 8.53 Å². The third-order valence-corrected chi connectivity index (χ3v) is 17.6. The second-order valence-corrected chi connectivity index (χ2v) is 23.5. The van der Waals surface area contributed by atoms with Crippen LogP contribution in [0.3, 0.4) is 0 Å². The van der Waals surface area contributed by atoms with Crippen LogP contribution in [0.4, 0.5) is 32.5 Å². The fourth-order valence-electron chi connectivity index (χ4n) is 9.64. The number of aromatic nitrogens is 4. The van der Waals surface area contributed by atoms with Gasteiger partial charge in [-0.2, -0.15) is 0 Å². The van der Waals surface area contributed by atoms with Gasteiger partial charge in [0.05, 0.1) is 53.2 Å². The molecule has 1 N–H and O–H groups in total. The van der Waals surface area contributed by atoms with E-state index in [9.17, 15) is 38.2 Å². The Labute approximate surface area is 474 Å². The minimum absolute atomic E-state index is 0.0111. The van der Waals surface area contributed by atoms with Crippen LogP contribution in [-0.2, 0) is 64.9 Å². The number of non-ortho nitro benzene ring substituents is 2. The standard InChI is InChI=1S/C54H66N9O17PS/c1-35(2)61(36(3)4)81(77-27-23-38-16-20-40(21-17-38)63(68)69)80-47-44(32-76-53(65)75-30-31-82(70,71)45-13-9-10-41-42(45)11-8-12-43(41)59(5)6)78-51(48(47)79-54(72-7)24-28-73-29-25-54)60-34-57-46-49(55-33-56-50(46)60)58-52(64)74-26-22-37-14-18-39(19-15-37)62(66)67/h8-21,33-36,44,47-48,51H,22-32H2,1-7H3,(H,55,56,58,64)/t44-,47-,48-,51-,81?/m1/s1. The van der Waals surface area contributed by atoms with Crippen LogP contribution in [0.2, 0.25) is 0 Å². The number of nitrogens with one attached hydrogen (secondary N) is 1. The Morgan fingerprint density at radius 2 is 1.45 bits per heavy atom. The predicted molar refractivity (Wildman–Crippen MR) is 300 cm³/mol. The van der Waals surface area contributed by atoms with Gasteiger partial charge in [-0.15, -0.1) is 0 Å². The Hall–Kier alpha value is -7.07. The van der Waals surface area contributed by atoms with Gasteiger partial charge >= 0.3 is 12.2 Å². The molecule has 0 saturated carbocycles. The smallest absolute Gasteiger partial charge is 0.449 e. The van der Waals surface area contributed by atoms with Crippen molar-refractivity contribution >= 4 is 75.4 Å². The molecular weight excluding hydrogens is 1110 g/mol. The molecule has 2 aliphatic rings. The molecule has 6 aromatic rings. The van der Waals surface area contributed by atoms with E-state index in [0.29, 0.717) is 30.2 Å². The summed E-state index contributed by atoms with van der Waals surface area (Å²) in [5.74, 6) is -1.81. The van der Waals surface area contributed by atoms with Crippen LogP contribution in [-0.4, -0.2) is 157 Å². The van der Waals surface area contributed by atoms with Crippen molar-refractivity contribution in [3.8, 4) is 0 Å². The number of nitrogens with zero attached hydrogens (tertiary/aromatic N) is 8. The number of methoxy groups -OCH3 is 1. The van der Waals surface area contributed by atoms with Gasteiger partial charge in [-0.1, -0.05) is 48.5 Å². The lowest BCUT2D eigenvalue weighted by molar-refractivity contribution is -0.385. The molecule has 4 aromatic carbocycles. The van der Waals surface area contributed by atoms with Gasteiger partial charge in [0.25, 0.3) is 19.9 Å². The van der Waals surface area contributed by atoms with Gasteiger partial charge in [0.2, 0.25) is 0 Å². The third kappa shape index (κ3) is 14.8. The molecule has 0 radical (unpaired) electrons. The number of hydrogen-bond acceptors (Lipinski definition) is 22. The quantitative estimate of drug-likeness (QED) is 0.0174. The molecule has 82 heavy (non-hydrogen) atoms. The number of nitro groups is 2. The molecule has 2 fully saturated rings. The summed E-state index contributed by atoms with van der Waals surface area (Å²) in [6.45, 7) is 7.51. The van der Waals surface area contributed by atoms with Crippen LogP contribution in [0.1, 0.15) is 57.9 Å². The van der Waals surface area contributed by atoms with E-state index in [4.69, 9.17) is 42.2 Å². The van der Waals surface area contributed by atoms with E-state index in [-0.39, 0.29) is 78.2 Å². The lowest BCUT2D eigenvalue weighted by Crippen LogP contribution is -2.49. The molecule has 2 saturated heterocycles. The van der Waals surface area contributed by atoms with E-state index in [0.717, 1.165) is 16.6 Å². The van der Waals surface area contributed by atoms with Gasteiger partial charge in [-0.05, 0) is 57.4 Å². The van der Waals surface area contributed by atoms with Crippen LogP contribution in [0, 0.1) is 20.2 Å². The number of imidazole rings is 1. The average Bonchev–Trinajstić information content (AvgIpc) is 4.25. The number of amides is 1.